The van der Waals surface area contributed by atoms with Crippen LogP contribution in [-0.2, 0) is 34.8 Å². The molecule has 0 saturated carbocycles. The summed E-state index contributed by atoms with van der Waals surface area (Å²) in [6, 6.07) is 6.85. The first kappa shape index (κ1) is 39.4. The number of nitrogen functional groups attached to an aromatic ring is 1. The number of nitrogens with zero attached hydrogens (tertiary/aromatic N) is 5. The maximum absolute atomic E-state index is 14.0. The summed E-state index contributed by atoms with van der Waals surface area (Å²) in [5.74, 6) is -0.644. The molecular weight excluding hydrogens is 722 g/mol. The number of alkyl halides is 6. The number of hydrogen-bond donors (Lipinski definition) is 3. The van der Waals surface area contributed by atoms with Gasteiger partial charge in [0.25, 0.3) is 0 Å². The molecule has 4 amide bonds. The zero-order valence-corrected chi connectivity index (χ0v) is 30.0. The number of fused-ring (bicyclic) bond motifs is 1. The lowest BCUT2D eigenvalue weighted by atomic mass is 9.96. The summed E-state index contributed by atoms with van der Waals surface area (Å²) in [7, 11) is 2.05. The number of likely N-dealkylation sites (N-methyl/N-ethyl adjacent to an activating group) is 1. The summed E-state index contributed by atoms with van der Waals surface area (Å²) in [5, 5.41) is 6.75. The van der Waals surface area contributed by atoms with Crippen molar-refractivity contribution < 1.29 is 45.6 Å². The van der Waals surface area contributed by atoms with Gasteiger partial charge in [-0.3, -0.25) is 9.69 Å². The number of carbonyl (C=O) groups is 3. The number of urea groups is 1. The van der Waals surface area contributed by atoms with Crippen LogP contribution in [0, 0.1) is 0 Å². The zero-order chi connectivity index (χ0) is 38.8. The van der Waals surface area contributed by atoms with E-state index in [9.17, 15) is 40.7 Å². The SMILES string of the molecule is CN1CCN(C2CCN(C(=O)C(Cc3cc(C(F)(F)F)c(N)c(C(F)(F)F)c3)NC(=O)ON3CCC(N4CCc5ccccc5NC4=O)CC3)CC2)CC1. The van der Waals surface area contributed by atoms with Crippen molar-refractivity contribution in [3.05, 3.63) is 58.7 Å². The van der Waals surface area contributed by atoms with Crippen molar-refractivity contribution >= 4 is 29.4 Å². The first-order chi connectivity index (χ1) is 25.6. The summed E-state index contributed by atoms with van der Waals surface area (Å²) in [6.07, 6.45) is -9.32. The van der Waals surface area contributed by atoms with Gasteiger partial charge in [0.1, 0.15) is 6.04 Å². The molecule has 4 aliphatic heterocycles. The molecule has 4 N–H and O–H groups in total. The maximum Gasteiger partial charge on any atom is 0.426 e. The molecule has 2 aromatic rings. The molecule has 0 radical (unpaired) electrons. The van der Waals surface area contributed by atoms with Gasteiger partial charge in [-0.2, -0.15) is 26.3 Å². The Hall–Kier alpha value is -4.29. The first-order valence-corrected chi connectivity index (χ1v) is 18.2. The van der Waals surface area contributed by atoms with Crippen molar-refractivity contribution in [1.29, 1.82) is 0 Å². The minimum Gasteiger partial charge on any atom is -0.398 e. The smallest absolute Gasteiger partial charge is 0.398 e. The van der Waals surface area contributed by atoms with Gasteiger partial charge in [0.2, 0.25) is 5.91 Å². The molecule has 0 bridgehead atoms. The number of rotatable bonds is 7. The maximum atomic E-state index is 14.0. The largest absolute Gasteiger partial charge is 0.426 e. The number of hydroxylamine groups is 2. The second kappa shape index (κ2) is 16.2. The Labute approximate surface area is 309 Å². The molecule has 3 saturated heterocycles. The Kier molecular flexibility index (Phi) is 11.8. The molecule has 6 rings (SSSR count). The third-order valence-electron chi connectivity index (χ3n) is 10.9. The quantitative estimate of drug-likeness (QED) is 0.275. The lowest BCUT2D eigenvalue weighted by Gasteiger charge is -2.42. The Bertz CT molecular complexity index is 1630. The number of piperazine rings is 1. The highest BCUT2D eigenvalue weighted by atomic mass is 19.4. The molecule has 3 fully saturated rings. The lowest BCUT2D eigenvalue weighted by molar-refractivity contribution is -0.141. The van der Waals surface area contributed by atoms with E-state index >= 15 is 0 Å². The summed E-state index contributed by atoms with van der Waals surface area (Å²) in [4.78, 5) is 53.6. The molecule has 0 aliphatic carbocycles. The van der Waals surface area contributed by atoms with Crippen LogP contribution < -0.4 is 16.4 Å². The van der Waals surface area contributed by atoms with Crippen LogP contribution in [0.15, 0.2) is 36.4 Å². The summed E-state index contributed by atoms with van der Waals surface area (Å²) >= 11 is 0. The fraction of sp³-hybridized carbons (Fsp3) is 0.583. The number of piperidine rings is 2. The predicted octanol–water partition coefficient (Wildman–Crippen LogP) is 4.65. The number of amides is 4. The van der Waals surface area contributed by atoms with Crippen LogP contribution in [0.3, 0.4) is 0 Å². The van der Waals surface area contributed by atoms with Gasteiger partial charge in [0, 0.05) is 83.1 Å². The van der Waals surface area contributed by atoms with E-state index < -0.39 is 59.2 Å². The number of nitrogens with one attached hydrogen (secondary N) is 2. The van der Waals surface area contributed by atoms with E-state index in [0.29, 0.717) is 63.9 Å². The number of likely N-dealkylation sites (tertiary alicyclic amines) is 1. The van der Waals surface area contributed by atoms with Crippen molar-refractivity contribution in [3.63, 3.8) is 0 Å². The highest BCUT2D eigenvalue weighted by molar-refractivity contribution is 5.91. The molecule has 296 valence electrons. The summed E-state index contributed by atoms with van der Waals surface area (Å²) in [6.45, 7) is 5.17. The third-order valence-corrected chi connectivity index (χ3v) is 10.9. The molecular formula is C36H46F6N8O4. The monoisotopic (exact) mass is 768 g/mol. The Morgan fingerprint density at radius 3 is 2.07 bits per heavy atom. The zero-order valence-electron chi connectivity index (χ0n) is 30.0. The van der Waals surface area contributed by atoms with Crippen LogP contribution in [0.4, 0.5) is 47.3 Å². The Balaban J connectivity index is 1.13. The predicted molar refractivity (Wildman–Crippen MR) is 187 cm³/mol. The first-order valence-electron chi connectivity index (χ1n) is 18.2. The standard InChI is InChI=1S/C36H46F6N8O4/c1-46-16-18-47(19-17-46)25-7-11-48(12-8-25)32(51)30(22-23-20-27(35(37,38)39)31(43)28(21-23)36(40,41)42)45-34(53)54-49-13-9-26(10-14-49)50-15-6-24-4-2-3-5-29(24)44-33(50)52/h2-5,20-21,25-26,30H,6-19,22,43H2,1H3,(H,44,52)(H,45,53). The number of anilines is 2. The number of hydrogen-bond acceptors (Lipinski definition) is 8. The van der Waals surface area contributed by atoms with Crippen LogP contribution in [0.25, 0.3) is 0 Å². The van der Waals surface area contributed by atoms with Gasteiger partial charge >= 0.3 is 24.5 Å². The number of nitrogens with two attached hydrogens (primary N) is 1. The van der Waals surface area contributed by atoms with Gasteiger partial charge in [-0.1, -0.05) is 18.2 Å². The van der Waals surface area contributed by atoms with Crippen molar-refractivity contribution in [2.24, 2.45) is 0 Å². The van der Waals surface area contributed by atoms with Gasteiger partial charge in [-0.25, -0.2) is 9.59 Å². The van der Waals surface area contributed by atoms with Crippen LogP contribution >= 0.6 is 0 Å². The number of halogens is 6. The van der Waals surface area contributed by atoms with E-state index in [1.54, 1.807) is 4.90 Å². The van der Waals surface area contributed by atoms with Gasteiger partial charge < -0.3 is 35.9 Å². The summed E-state index contributed by atoms with van der Waals surface area (Å²) < 4.78 is 83.2. The highest BCUT2D eigenvalue weighted by Crippen LogP contribution is 2.42. The molecule has 54 heavy (non-hydrogen) atoms. The molecule has 0 aromatic heterocycles. The molecule has 18 heteroatoms. The molecule has 1 atom stereocenters. The minimum absolute atomic E-state index is 0.138. The number of para-hydroxylation sites is 1. The average molecular weight is 769 g/mol. The van der Waals surface area contributed by atoms with Gasteiger partial charge in [-0.05, 0) is 68.5 Å². The molecule has 2 aromatic carbocycles. The third kappa shape index (κ3) is 9.32. The van der Waals surface area contributed by atoms with Crippen LogP contribution in [0.2, 0.25) is 0 Å². The topological polar surface area (TPSA) is 127 Å². The number of benzene rings is 2. The van der Waals surface area contributed by atoms with Crippen LogP contribution in [-0.4, -0.2) is 127 Å². The molecule has 1 unspecified atom stereocenters. The highest BCUT2D eigenvalue weighted by Gasteiger charge is 2.42. The van der Waals surface area contributed by atoms with E-state index in [1.165, 1.54) is 9.96 Å². The average Bonchev–Trinajstić information content (AvgIpc) is 3.29. The normalized spacial score (nSPS) is 20.9. The van der Waals surface area contributed by atoms with Gasteiger partial charge in [0.05, 0.1) is 16.8 Å². The summed E-state index contributed by atoms with van der Waals surface area (Å²) in [5.41, 5.74) is 1.83. The van der Waals surface area contributed by atoms with Crippen molar-refractivity contribution in [2.75, 3.05) is 77.0 Å². The van der Waals surface area contributed by atoms with E-state index in [-0.39, 0.29) is 31.2 Å². The van der Waals surface area contributed by atoms with E-state index in [4.69, 9.17) is 10.6 Å². The second-order valence-electron chi connectivity index (χ2n) is 14.5. The fourth-order valence-corrected chi connectivity index (χ4v) is 7.86. The van der Waals surface area contributed by atoms with Crippen molar-refractivity contribution in [3.8, 4) is 0 Å². The van der Waals surface area contributed by atoms with Crippen molar-refractivity contribution in [2.45, 2.75) is 69.0 Å². The molecule has 4 heterocycles. The Morgan fingerprint density at radius 1 is 0.870 bits per heavy atom. The van der Waals surface area contributed by atoms with Gasteiger partial charge in [-0.15, -0.1) is 5.06 Å². The molecule has 4 aliphatic rings. The minimum atomic E-state index is -5.21. The fourth-order valence-electron chi connectivity index (χ4n) is 7.86. The number of carbonyl (C=O) groups excluding carboxylic acids is 3. The van der Waals surface area contributed by atoms with E-state index in [2.05, 4.69) is 20.4 Å². The van der Waals surface area contributed by atoms with E-state index in [0.717, 1.165) is 37.4 Å². The van der Waals surface area contributed by atoms with Gasteiger partial charge in [0.15, 0.2) is 0 Å². The van der Waals surface area contributed by atoms with Crippen LogP contribution in [0.1, 0.15) is 47.9 Å². The van der Waals surface area contributed by atoms with Crippen molar-refractivity contribution in [1.82, 2.24) is 30.0 Å². The second-order valence-corrected chi connectivity index (χ2v) is 14.5. The lowest BCUT2D eigenvalue weighted by Crippen LogP contribution is -2.56. The van der Waals surface area contributed by atoms with E-state index in [1.807, 2.05) is 31.3 Å². The molecule has 0 spiro atoms. The Morgan fingerprint density at radius 2 is 1.46 bits per heavy atom. The molecule has 12 nitrogen and oxygen atoms in total. The van der Waals surface area contributed by atoms with Crippen LogP contribution in [0.5, 0.6) is 0 Å².